The molecule has 5 aliphatic heterocycles. The molecule has 5 rings (SSSR count). The van der Waals surface area contributed by atoms with Gasteiger partial charge in [0.25, 0.3) is 0 Å². The van der Waals surface area contributed by atoms with Gasteiger partial charge in [0.1, 0.15) is 6.04 Å². The molecule has 8 nitrogen and oxygen atoms in total. The fourth-order valence-corrected chi connectivity index (χ4v) is 6.50. The summed E-state index contributed by atoms with van der Waals surface area (Å²) in [6.45, 7) is 4.73. The van der Waals surface area contributed by atoms with Gasteiger partial charge in [-0.3, -0.25) is 5.32 Å². The van der Waals surface area contributed by atoms with Crippen LogP contribution in [0.3, 0.4) is 0 Å². The second kappa shape index (κ2) is 8.51. The number of ether oxygens (including phenoxy) is 3. The van der Waals surface area contributed by atoms with Crippen LogP contribution in [-0.4, -0.2) is 79.9 Å². The normalized spacial score (nSPS) is 34.3. The zero-order valence-corrected chi connectivity index (χ0v) is 18.3. The molecule has 2 amide bonds. The molecule has 3 unspecified atom stereocenters. The van der Waals surface area contributed by atoms with E-state index in [1.54, 1.807) is 18.9 Å². The Morgan fingerprint density at radius 1 is 1.30 bits per heavy atom. The van der Waals surface area contributed by atoms with Crippen molar-refractivity contribution in [2.45, 2.75) is 43.4 Å². The first-order chi connectivity index (χ1) is 14.7. The molecule has 3 saturated heterocycles. The van der Waals surface area contributed by atoms with Crippen molar-refractivity contribution in [3.63, 3.8) is 0 Å². The highest BCUT2D eigenvalue weighted by atomic mass is 32.2. The summed E-state index contributed by atoms with van der Waals surface area (Å²) in [5, 5.41) is 3.86. The molecule has 30 heavy (non-hydrogen) atoms. The van der Waals surface area contributed by atoms with Crippen LogP contribution in [0.25, 0.3) is 0 Å². The molecule has 3 atom stereocenters. The van der Waals surface area contributed by atoms with E-state index >= 15 is 0 Å². The Kier molecular flexibility index (Phi) is 5.77. The van der Waals surface area contributed by atoms with Crippen molar-refractivity contribution >= 4 is 28.9 Å². The Morgan fingerprint density at radius 2 is 2.17 bits per heavy atom. The molecule has 1 spiro atoms. The standard InChI is InChI=1S/C21H30N4O4S/c1-27-18-16-17(15(11-22-18)14-3-9-28-10-4-14)30-19(23-16)24-20(26)25-7-6-21(12-25)5-2-8-29-13-21/h11,14,16-17H,2-10,12-13H2,1H3,(H,23,24,26). The number of likely N-dealkylation sites (tertiary alicyclic amines) is 1. The van der Waals surface area contributed by atoms with Crippen LogP contribution >= 0.6 is 11.8 Å². The molecule has 5 aliphatic rings. The highest BCUT2D eigenvalue weighted by molar-refractivity contribution is 8.14. The van der Waals surface area contributed by atoms with E-state index in [0.717, 1.165) is 71.6 Å². The summed E-state index contributed by atoms with van der Waals surface area (Å²) >= 11 is 1.63. The number of carbonyl (C=O) groups is 1. The number of hydrogen-bond acceptors (Lipinski definition) is 7. The first-order valence-corrected chi connectivity index (χ1v) is 11.8. The molecule has 3 fully saturated rings. The Balaban J connectivity index is 1.25. The van der Waals surface area contributed by atoms with Gasteiger partial charge >= 0.3 is 6.03 Å². The number of carbonyl (C=O) groups excluding carboxylic acids is 1. The van der Waals surface area contributed by atoms with Crippen molar-refractivity contribution in [3.05, 3.63) is 11.8 Å². The Labute approximate surface area is 181 Å². The van der Waals surface area contributed by atoms with Gasteiger partial charge in [-0.05, 0) is 43.6 Å². The van der Waals surface area contributed by atoms with E-state index in [-0.39, 0.29) is 22.7 Å². The summed E-state index contributed by atoms with van der Waals surface area (Å²) in [7, 11) is 1.63. The average Bonchev–Trinajstić information content (AvgIpc) is 3.38. The fourth-order valence-electron chi connectivity index (χ4n) is 5.25. The number of methoxy groups -OCH3 is 1. The van der Waals surface area contributed by atoms with Crippen LogP contribution in [0.4, 0.5) is 4.79 Å². The largest absolute Gasteiger partial charge is 0.482 e. The maximum Gasteiger partial charge on any atom is 0.323 e. The molecule has 9 heteroatoms. The third-order valence-corrected chi connectivity index (χ3v) is 8.16. The van der Waals surface area contributed by atoms with Crippen LogP contribution < -0.4 is 5.32 Å². The number of rotatable bonds is 1. The van der Waals surface area contributed by atoms with Gasteiger partial charge in [0, 0.05) is 44.5 Å². The van der Waals surface area contributed by atoms with Crippen LogP contribution in [-0.2, 0) is 14.2 Å². The molecular weight excluding hydrogens is 404 g/mol. The molecule has 164 valence electrons. The minimum absolute atomic E-state index is 0.0603. The molecule has 0 radical (unpaired) electrons. The topological polar surface area (TPSA) is 84.8 Å². The van der Waals surface area contributed by atoms with Gasteiger partial charge in [-0.25, -0.2) is 14.8 Å². The molecule has 0 bridgehead atoms. The highest BCUT2D eigenvalue weighted by Gasteiger charge is 2.44. The van der Waals surface area contributed by atoms with E-state index < -0.39 is 0 Å². The van der Waals surface area contributed by atoms with Crippen molar-refractivity contribution in [1.29, 1.82) is 0 Å². The molecule has 0 saturated carbocycles. The summed E-state index contributed by atoms with van der Waals surface area (Å²) in [6, 6.07) is -0.232. The van der Waals surface area contributed by atoms with Crippen molar-refractivity contribution in [2.75, 3.05) is 46.6 Å². The summed E-state index contributed by atoms with van der Waals surface area (Å²) in [5.74, 6) is 1.07. The van der Waals surface area contributed by atoms with Crippen LogP contribution in [0.5, 0.6) is 0 Å². The molecule has 5 heterocycles. The average molecular weight is 435 g/mol. The molecule has 0 aromatic carbocycles. The van der Waals surface area contributed by atoms with E-state index in [1.807, 2.05) is 11.1 Å². The number of nitrogens with one attached hydrogen (secondary N) is 1. The predicted molar refractivity (Wildman–Crippen MR) is 116 cm³/mol. The molecule has 0 aromatic rings. The number of fused-ring (bicyclic) bond motifs is 1. The highest BCUT2D eigenvalue weighted by Crippen LogP contribution is 2.41. The monoisotopic (exact) mass is 434 g/mol. The van der Waals surface area contributed by atoms with Crippen LogP contribution in [0.15, 0.2) is 21.8 Å². The van der Waals surface area contributed by atoms with Gasteiger partial charge in [-0.2, -0.15) is 0 Å². The lowest BCUT2D eigenvalue weighted by Crippen LogP contribution is -2.43. The zero-order chi connectivity index (χ0) is 20.6. The first-order valence-electron chi connectivity index (χ1n) is 10.9. The minimum atomic E-state index is -0.171. The Hall–Kier alpha value is -1.58. The maximum atomic E-state index is 13.0. The van der Waals surface area contributed by atoms with Gasteiger partial charge < -0.3 is 19.1 Å². The number of nitrogens with zero attached hydrogens (tertiary/aromatic N) is 3. The second-order valence-electron chi connectivity index (χ2n) is 8.86. The fraction of sp³-hybridized carbons (Fsp3) is 0.762. The summed E-state index contributed by atoms with van der Waals surface area (Å²) < 4.78 is 16.7. The lowest BCUT2D eigenvalue weighted by molar-refractivity contribution is -0.000357. The van der Waals surface area contributed by atoms with Gasteiger partial charge in [-0.1, -0.05) is 11.8 Å². The Bertz CT molecular complexity index is 771. The number of aliphatic imine (C=N–C) groups is 2. The summed E-state index contributed by atoms with van der Waals surface area (Å²) in [6.07, 6.45) is 7.21. The van der Waals surface area contributed by atoms with Crippen molar-refractivity contribution in [3.8, 4) is 0 Å². The van der Waals surface area contributed by atoms with Crippen LogP contribution in [0.2, 0.25) is 0 Å². The van der Waals surface area contributed by atoms with Gasteiger partial charge in [0.05, 0.1) is 19.0 Å². The first kappa shape index (κ1) is 20.3. The number of urea groups is 1. The van der Waals surface area contributed by atoms with Crippen molar-refractivity contribution in [1.82, 2.24) is 10.2 Å². The van der Waals surface area contributed by atoms with Gasteiger partial charge in [0.2, 0.25) is 5.90 Å². The number of thioether (sulfide) groups is 1. The number of amidine groups is 1. The number of amides is 2. The molecule has 0 aliphatic carbocycles. The van der Waals surface area contributed by atoms with E-state index in [9.17, 15) is 4.79 Å². The quantitative estimate of drug-likeness (QED) is 0.685. The third-order valence-electron chi connectivity index (χ3n) is 6.95. The van der Waals surface area contributed by atoms with Crippen molar-refractivity contribution in [2.24, 2.45) is 21.3 Å². The van der Waals surface area contributed by atoms with E-state index in [0.29, 0.717) is 17.0 Å². The van der Waals surface area contributed by atoms with E-state index in [1.165, 1.54) is 5.57 Å². The minimum Gasteiger partial charge on any atom is -0.482 e. The second-order valence-corrected chi connectivity index (χ2v) is 9.99. The SMILES string of the molecule is COC1=NC=C(C2CCOCC2)C2SC(NC(=O)N3CCC4(CCCOC4)C3)=NC12. The maximum absolute atomic E-state index is 13.0. The van der Waals surface area contributed by atoms with Gasteiger partial charge in [-0.15, -0.1) is 0 Å². The van der Waals surface area contributed by atoms with Crippen LogP contribution in [0, 0.1) is 11.3 Å². The summed E-state index contributed by atoms with van der Waals surface area (Å²) in [4.78, 5) is 24.2. The smallest absolute Gasteiger partial charge is 0.323 e. The lowest BCUT2D eigenvalue weighted by Gasteiger charge is -2.33. The third kappa shape index (κ3) is 3.87. The molecule has 1 N–H and O–H groups in total. The lowest BCUT2D eigenvalue weighted by atomic mass is 9.82. The molecular formula is C21H30N4O4S. The zero-order valence-electron chi connectivity index (χ0n) is 17.5. The van der Waals surface area contributed by atoms with Crippen molar-refractivity contribution < 1.29 is 19.0 Å². The Morgan fingerprint density at radius 3 is 2.93 bits per heavy atom. The van der Waals surface area contributed by atoms with Crippen LogP contribution in [0.1, 0.15) is 32.1 Å². The van der Waals surface area contributed by atoms with E-state index in [2.05, 4.69) is 10.3 Å². The van der Waals surface area contributed by atoms with E-state index in [4.69, 9.17) is 19.2 Å². The molecule has 0 aromatic heterocycles. The predicted octanol–water partition coefficient (Wildman–Crippen LogP) is 2.41. The van der Waals surface area contributed by atoms with Gasteiger partial charge in [0.15, 0.2) is 5.17 Å². The number of hydrogen-bond donors (Lipinski definition) is 1. The summed E-state index contributed by atoms with van der Waals surface area (Å²) in [5.41, 5.74) is 1.44.